The van der Waals surface area contributed by atoms with Crippen molar-refractivity contribution >= 4 is 5.91 Å². The molecule has 0 saturated heterocycles. The summed E-state index contributed by atoms with van der Waals surface area (Å²) in [6.45, 7) is 7.15. The highest BCUT2D eigenvalue weighted by molar-refractivity contribution is 5.78. The van der Waals surface area contributed by atoms with Gasteiger partial charge in [0.05, 0.1) is 25.4 Å². The average Bonchev–Trinajstić information content (AvgIpc) is 2.94. The van der Waals surface area contributed by atoms with Crippen LogP contribution in [0.15, 0.2) is 41.0 Å². The van der Waals surface area contributed by atoms with Crippen molar-refractivity contribution < 1.29 is 9.21 Å². The van der Waals surface area contributed by atoms with E-state index in [-0.39, 0.29) is 11.9 Å². The van der Waals surface area contributed by atoms with Gasteiger partial charge in [0, 0.05) is 0 Å². The zero-order valence-corrected chi connectivity index (χ0v) is 13.7. The average molecular weight is 300 g/mol. The van der Waals surface area contributed by atoms with E-state index in [1.54, 1.807) is 6.26 Å². The normalized spacial score (nSPS) is 12.4. The van der Waals surface area contributed by atoms with Crippen molar-refractivity contribution in [3.63, 3.8) is 0 Å². The van der Waals surface area contributed by atoms with Crippen LogP contribution < -0.4 is 5.32 Å². The Hall–Kier alpha value is -2.07. The molecule has 0 aliphatic carbocycles. The molecule has 1 aromatic heterocycles. The van der Waals surface area contributed by atoms with Crippen LogP contribution in [-0.4, -0.2) is 24.4 Å². The third kappa shape index (κ3) is 4.46. The maximum atomic E-state index is 12.1. The Morgan fingerprint density at radius 3 is 2.68 bits per heavy atom. The van der Waals surface area contributed by atoms with Crippen molar-refractivity contribution in [3.8, 4) is 0 Å². The van der Waals surface area contributed by atoms with E-state index in [1.807, 2.05) is 31.0 Å². The number of nitrogens with zero attached hydrogens (tertiary/aromatic N) is 1. The molecule has 0 aliphatic heterocycles. The second kappa shape index (κ2) is 7.27. The van der Waals surface area contributed by atoms with Gasteiger partial charge in [-0.25, -0.2) is 0 Å². The van der Waals surface area contributed by atoms with Gasteiger partial charge in [-0.05, 0) is 56.6 Å². The van der Waals surface area contributed by atoms with Gasteiger partial charge in [0.15, 0.2) is 0 Å². The number of amides is 1. The summed E-state index contributed by atoms with van der Waals surface area (Å²) < 4.78 is 5.29. The van der Waals surface area contributed by atoms with Gasteiger partial charge < -0.3 is 9.73 Å². The smallest absolute Gasteiger partial charge is 0.234 e. The molecule has 2 rings (SSSR count). The van der Waals surface area contributed by atoms with Crippen LogP contribution in [0, 0.1) is 13.8 Å². The zero-order chi connectivity index (χ0) is 16.1. The minimum Gasteiger partial charge on any atom is -0.468 e. The van der Waals surface area contributed by atoms with Gasteiger partial charge in [-0.1, -0.05) is 18.2 Å². The predicted molar refractivity (Wildman–Crippen MR) is 87.5 cm³/mol. The van der Waals surface area contributed by atoms with Gasteiger partial charge in [0.1, 0.15) is 5.76 Å². The lowest BCUT2D eigenvalue weighted by Crippen LogP contribution is -2.36. The zero-order valence-electron chi connectivity index (χ0n) is 13.7. The minimum atomic E-state index is 0.00353. The first kappa shape index (κ1) is 16.3. The van der Waals surface area contributed by atoms with Crippen molar-refractivity contribution in [2.24, 2.45) is 0 Å². The van der Waals surface area contributed by atoms with Crippen LogP contribution in [0.2, 0.25) is 0 Å². The summed E-state index contributed by atoms with van der Waals surface area (Å²) in [6.07, 6.45) is 1.64. The first-order chi connectivity index (χ1) is 10.5. The molecule has 4 nitrogen and oxygen atoms in total. The van der Waals surface area contributed by atoms with Gasteiger partial charge in [-0.3, -0.25) is 9.69 Å². The third-order valence-corrected chi connectivity index (χ3v) is 3.83. The molecule has 22 heavy (non-hydrogen) atoms. The number of furan rings is 1. The molecule has 4 heteroatoms. The Morgan fingerprint density at radius 2 is 2.05 bits per heavy atom. The largest absolute Gasteiger partial charge is 0.468 e. The number of likely N-dealkylation sites (N-methyl/N-ethyl adjacent to an activating group) is 1. The fourth-order valence-electron chi connectivity index (χ4n) is 2.37. The summed E-state index contributed by atoms with van der Waals surface area (Å²) in [6, 6.07) is 10.1. The highest BCUT2D eigenvalue weighted by Crippen LogP contribution is 2.16. The van der Waals surface area contributed by atoms with E-state index >= 15 is 0 Å². The van der Waals surface area contributed by atoms with Crippen molar-refractivity contribution in [1.29, 1.82) is 0 Å². The summed E-state index contributed by atoms with van der Waals surface area (Å²) in [5.74, 6) is 0.872. The number of hydrogen-bond acceptors (Lipinski definition) is 3. The summed E-state index contributed by atoms with van der Waals surface area (Å²) in [5, 5.41) is 3.04. The van der Waals surface area contributed by atoms with E-state index in [0.29, 0.717) is 13.1 Å². The molecule has 1 amide bonds. The predicted octanol–water partition coefficient (Wildman–Crippen LogP) is 3.21. The molecule has 1 atom stereocenters. The standard InChI is InChI=1S/C18H24N2O2/c1-13-7-8-16(10-14(13)2)15(3)19-18(21)12-20(4)11-17-6-5-9-22-17/h5-10,15H,11-12H2,1-4H3,(H,19,21)/t15-/m1/s1. The number of rotatable bonds is 6. The van der Waals surface area contributed by atoms with Gasteiger partial charge in [-0.2, -0.15) is 0 Å². The molecule has 0 aliphatic rings. The number of carbonyl (C=O) groups is 1. The van der Waals surface area contributed by atoms with E-state index in [9.17, 15) is 4.79 Å². The molecule has 1 heterocycles. The SMILES string of the molecule is Cc1ccc([C@@H](C)NC(=O)CN(C)Cc2ccco2)cc1C. The second-order valence-corrected chi connectivity index (χ2v) is 5.88. The Balaban J connectivity index is 1.86. The van der Waals surface area contributed by atoms with Crippen LogP contribution in [-0.2, 0) is 11.3 Å². The first-order valence-corrected chi connectivity index (χ1v) is 7.53. The molecule has 0 saturated carbocycles. The Kier molecular flexibility index (Phi) is 5.39. The molecule has 0 spiro atoms. The molecule has 0 radical (unpaired) electrons. The summed E-state index contributed by atoms with van der Waals surface area (Å²) >= 11 is 0. The lowest BCUT2D eigenvalue weighted by atomic mass is 10.0. The van der Waals surface area contributed by atoms with E-state index in [1.165, 1.54) is 11.1 Å². The lowest BCUT2D eigenvalue weighted by Gasteiger charge is -2.19. The fraction of sp³-hybridized carbons (Fsp3) is 0.389. The first-order valence-electron chi connectivity index (χ1n) is 7.53. The van der Waals surface area contributed by atoms with Crippen LogP contribution in [0.3, 0.4) is 0 Å². The van der Waals surface area contributed by atoms with E-state index < -0.39 is 0 Å². The monoisotopic (exact) mass is 300 g/mol. The number of carbonyl (C=O) groups excluding carboxylic acids is 1. The molecule has 0 unspecified atom stereocenters. The van der Waals surface area contributed by atoms with E-state index in [0.717, 1.165) is 11.3 Å². The quantitative estimate of drug-likeness (QED) is 0.891. The van der Waals surface area contributed by atoms with Gasteiger partial charge in [0.25, 0.3) is 0 Å². The molecule has 118 valence electrons. The van der Waals surface area contributed by atoms with Crippen LogP contribution in [0.4, 0.5) is 0 Å². The van der Waals surface area contributed by atoms with Crippen molar-refractivity contribution in [1.82, 2.24) is 10.2 Å². The highest BCUT2D eigenvalue weighted by atomic mass is 16.3. The molecular weight excluding hydrogens is 276 g/mol. The van der Waals surface area contributed by atoms with Crippen molar-refractivity contribution in [2.75, 3.05) is 13.6 Å². The second-order valence-electron chi connectivity index (χ2n) is 5.88. The molecule has 1 N–H and O–H groups in total. The van der Waals surface area contributed by atoms with Crippen LogP contribution >= 0.6 is 0 Å². The maximum Gasteiger partial charge on any atom is 0.234 e. The van der Waals surface area contributed by atoms with Crippen molar-refractivity contribution in [2.45, 2.75) is 33.4 Å². The summed E-state index contributed by atoms with van der Waals surface area (Å²) in [5.41, 5.74) is 3.64. The number of hydrogen-bond donors (Lipinski definition) is 1. The number of aryl methyl sites for hydroxylation is 2. The minimum absolute atomic E-state index is 0.00353. The van der Waals surface area contributed by atoms with Crippen LogP contribution in [0.5, 0.6) is 0 Å². The maximum absolute atomic E-state index is 12.1. The highest BCUT2D eigenvalue weighted by Gasteiger charge is 2.13. The molecule has 0 bridgehead atoms. The Morgan fingerprint density at radius 1 is 1.27 bits per heavy atom. The van der Waals surface area contributed by atoms with Crippen LogP contribution in [0.25, 0.3) is 0 Å². The topological polar surface area (TPSA) is 45.5 Å². The van der Waals surface area contributed by atoms with Crippen molar-refractivity contribution in [3.05, 3.63) is 59.0 Å². The fourth-order valence-corrected chi connectivity index (χ4v) is 2.37. The molecular formula is C18H24N2O2. The van der Waals surface area contributed by atoms with E-state index in [4.69, 9.17) is 4.42 Å². The van der Waals surface area contributed by atoms with Gasteiger partial charge in [0.2, 0.25) is 5.91 Å². The molecule has 1 aromatic carbocycles. The Labute approximate surface area is 132 Å². The van der Waals surface area contributed by atoms with Gasteiger partial charge >= 0.3 is 0 Å². The number of benzene rings is 1. The summed E-state index contributed by atoms with van der Waals surface area (Å²) in [4.78, 5) is 14.1. The lowest BCUT2D eigenvalue weighted by molar-refractivity contribution is -0.122. The van der Waals surface area contributed by atoms with Gasteiger partial charge in [-0.15, -0.1) is 0 Å². The van der Waals surface area contributed by atoms with E-state index in [2.05, 4.69) is 37.4 Å². The third-order valence-electron chi connectivity index (χ3n) is 3.83. The number of nitrogens with one attached hydrogen (secondary N) is 1. The molecule has 2 aromatic rings. The Bertz CT molecular complexity index is 620. The molecule has 0 fully saturated rings. The summed E-state index contributed by atoms with van der Waals surface area (Å²) in [7, 11) is 1.91. The van der Waals surface area contributed by atoms with Crippen LogP contribution in [0.1, 0.15) is 35.4 Å².